The van der Waals surface area contributed by atoms with Crippen molar-refractivity contribution >= 4 is 11.4 Å². The van der Waals surface area contributed by atoms with Crippen LogP contribution in [0.15, 0.2) is 109 Å². The number of nitro benzene ring substituents is 2. The molecule has 0 amide bonds. The zero-order valence-corrected chi connectivity index (χ0v) is 16.8. The zero-order valence-electron chi connectivity index (χ0n) is 16.8. The van der Waals surface area contributed by atoms with Crippen LogP contribution in [0, 0.1) is 20.2 Å². The molecule has 7 nitrogen and oxygen atoms in total. The molecule has 0 N–H and O–H groups in total. The first kappa shape index (κ1) is 20.7. The molecule has 0 aliphatic heterocycles. The molecule has 4 aromatic rings. The molecule has 0 fully saturated rings. The smallest absolute Gasteiger partial charge is 0.317 e. The largest absolute Gasteiger partial charge is 0.466 e. The Morgan fingerprint density at radius 2 is 1.03 bits per heavy atom. The van der Waals surface area contributed by atoms with Gasteiger partial charge >= 0.3 is 5.69 Å². The molecule has 0 heterocycles. The van der Waals surface area contributed by atoms with E-state index in [1.165, 1.54) is 12.1 Å². The molecule has 32 heavy (non-hydrogen) atoms. The minimum absolute atomic E-state index is 0.0721. The molecular formula is C25H18N2O5. The molecule has 0 spiro atoms. The molecular weight excluding hydrogens is 408 g/mol. The summed E-state index contributed by atoms with van der Waals surface area (Å²) in [6.07, 6.45) is 0. The van der Waals surface area contributed by atoms with Crippen LogP contribution in [-0.2, 0) is 5.60 Å². The quantitative estimate of drug-likeness (QED) is 0.209. The molecule has 0 aromatic heterocycles. The highest BCUT2D eigenvalue weighted by Gasteiger charge is 2.40. The molecule has 0 atom stereocenters. The van der Waals surface area contributed by atoms with Crippen LogP contribution < -0.4 is 4.74 Å². The summed E-state index contributed by atoms with van der Waals surface area (Å²) in [4.78, 5) is 21.6. The van der Waals surface area contributed by atoms with Crippen LogP contribution in [-0.4, -0.2) is 9.85 Å². The van der Waals surface area contributed by atoms with E-state index in [1.54, 1.807) is 0 Å². The van der Waals surface area contributed by atoms with Crippen molar-refractivity contribution in [2.24, 2.45) is 0 Å². The number of ether oxygens (including phenoxy) is 1. The van der Waals surface area contributed by atoms with E-state index in [9.17, 15) is 20.2 Å². The van der Waals surface area contributed by atoms with Crippen LogP contribution in [0.5, 0.6) is 5.75 Å². The Bertz CT molecular complexity index is 1150. The first-order valence-corrected chi connectivity index (χ1v) is 9.81. The summed E-state index contributed by atoms with van der Waals surface area (Å²) in [6.45, 7) is 0. The summed E-state index contributed by atoms with van der Waals surface area (Å²) in [5.74, 6) is -0.0721. The number of hydrogen-bond acceptors (Lipinski definition) is 5. The molecule has 0 saturated heterocycles. The molecule has 0 bridgehead atoms. The predicted molar refractivity (Wildman–Crippen MR) is 120 cm³/mol. The summed E-state index contributed by atoms with van der Waals surface area (Å²) in [7, 11) is 0. The molecule has 4 aromatic carbocycles. The fourth-order valence-corrected chi connectivity index (χ4v) is 3.71. The lowest BCUT2D eigenvalue weighted by Crippen LogP contribution is -2.36. The standard InChI is InChI=1S/C25H18N2O5/c28-26(29)22-16-17-24(23(18-22)27(30)31)32-25(19-10-4-1-5-11-19,20-12-6-2-7-13-20)21-14-8-3-9-15-21/h1-18H. The third-order valence-electron chi connectivity index (χ3n) is 5.15. The topological polar surface area (TPSA) is 95.5 Å². The van der Waals surface area contributed by atoms with Crippen molar-refractivity contribution in [2.75, 3.05) is 0 Å². The molecule has 0 aliphatic carbocycles. The van der Waals surface area contributed by atoms with Crippen LogP contribution in [0.1, 0.15) is 16.7 Å². The van der Waals surface area contributed by atoms with E-state index in [1.807, 2.05) is 91.0 Å². The van der Waals surface area contributed by atoms with Gasteiger partial charge in [0.05, 0.1) is 15.9 Å². The number of rotatable bonds is 7. The van der Waals surface area contributed by atoms with Crippen LogP contribution in [0.3, 0.4) is 0 Å². The van der Waals surface area contributed by atoms with Crippen molar-refractivity contribution in [3.8, 4) is 5.75 Å². The van der Waals surface area contributed by atoms with E-state index in [0.29, 0.717) is 0 Å². The Morgan fingerprint density at radius 1 is 0.594 bits per heavy atom. The van der Waals surface area contributed by atoms with E-state index in [4.69, 9.17) is 4.74 Å². The Labute approximate surface area is 183 Å². The van der Waals surface area contributed by atoms with Gasteiger partial charge in [0.15, 0.2) is 11.4 Å². The molecule has 0 radical (unpaired) electrons. The van der Waals surface area contributed by atoms with E-state index in [-0.39, 0.29) is 11.4 Å². The monoisotopic (exact) mass is 426 g/mol. The van der Waals surface area contributed by atoms with Crippen molar-refractivity contribution in [1.29, 1.82) is 0 Å². The van der Waals surface area contributed by atoms with Gasteiger partial charge in [-0.05, 0) is 6.07 Å². The number of hydrogen-bond donors (Lipinski definition) is 0. The fourth-order valence-electron chi connectivity index (χ4n) is 3.71. The highest BCUT2D eigenvalue weighted by Crippen LogP contribution is 2.44. The van der Waals surface area contributed by atoms with Gasteiger partial charge in [-0.3, -0.25) is 20.2 Å². The van der Waals surface area contributed by atoms with Gasteiger partial charge in [-0.15, -0.1) is 0 Å². The van der Waals surface area contributed by atoms with Crippen LogP contribution >= 0.6 is 0 Å². The number of nitro groups is 2. The molecule has 7 heteroatoms. The predicted octanol–water partition coefficient (Wildman–Crippen LogP) is 5.87. The second kappa shape index (κ2) is 8.69. The average molecular weight is 426 g/mol. The number of non-ortho nitro benzene ring substituents is 1. The van der Waals surface area contributed by atoms with Gasteiger partial charge in [0.1, 0.15) is 0 Å². The van der Waals surface area contributed by atoms with Gasteiger partial charge < -0.3 is 4.74 Å². The normalized spacial score (nSPS) is 11.0. The first-order valence-electron chi connectivity index (χ1n) is 9.81. The summed E-state index contributed by atoms with van der Waals surface area (Å²) >= 11 is 0. The van der Waals surface area contributed by atoms with Crippen LogP contribution in [0.4, 0.5) is 11.4 Å². The Morgan fingerprint density at radius 3 is 1.41 bits per heavy atom. The first-order chi connectivity index (χ1) is 15.5. The van der Waals surface area contributed by atoms with Crippen molar-refractivity contribution in [1.82, 2.24) is 0 Å². The Balaban J connectivity index is 2.01. The lowest BCUT2D eigenvalue weighted by Gasteiger charge is -2.36. The summed E-state index contributed by atoms with van der Waals surface area (Å²) < 4.78 is 6.52. The maximum atomic E-state index is 11.8. The minimum atomic E-state index is -1.23. The van der Waals surface area contributed by atoms with Crippen molar-refractivity contribution < 1.29 is 14.6 Å². The van der Waals surface area contributed by atoms with E-state index < -0.39 is 21.1 Å². The second-order valence-electron chi connectivity index (χ2n) is 7.05. The summed E-state index contributed by atoms with van der Waals surface area (Å²) in [5, 5.41) is 23.0. The van der Waals surface area contributed by atoms with E-state index in [2.05, 4.69) is 0 Å². The van der Waals surface area contributed by atoms with Gasteiger partial charge in [-0.1, -0.05) is 91.0 Å². The van der Waals surface area contributed by atoms with Gasteiger partial charge in [-0.2, -0.15) is 0 Å². The molecule has 158 valence electrons. The number of benzene rings is 4. The lowest BCUT2D eigenvalue weighted by molar-refractivity contribution is -0.394. The van der Waals surface area contributed by atoms with Crippen molar-refractivity contribution in [3.05, 3.63) is 146 Å². The lowest BCUT2D eigenvalue weighted by atomic mass is 9.80. The van der Waals surface area contributed by atoms with Gasteiger partial charge in [0.25, 0.3) is 5.69 Å². The fraction of sp³-hybridized carbons (Fsp3) is 0.0400. The third-order valence-corrected chi connectivity index (χ3v) is 5.15. The molecule has 0 saturated carbocycles. The molecule has 0 unspecified atom stereocenters. The highest BCUT2D eigenvalue weighted by atomic mass is 16.6. The minimum Gasteiger partial charge on any atom is -0.466 e. The van der Waals surface area contributed by atoms with Gasteiger partial charge in [0.2, 0.25) is 0 Å². The van der Waals surface area contributed by atoms with Crippen LogP contribution in [0.2, 0.25) is 0 Å². The molecule has 0 aliphatic rings. The zero-order chi connectivity index (χ0) is 22.6. The Hall–Kier alpha value is -4.52. The van der Waals surface area contributed by atoms with E-state index >= 15 is 0 Å². The third kappa shape index (κ3) is 3.79. The highest BCUT2D eigenvalue weighted by molar-refractivity contribution is 5.56. The van der Waals surface area contributed by atoms with E-state index in [0.717, 1.165) is 22.8 Å². The summed E-state index contributed by atoms with van der Waals surface area (Å²) in [6, 6.07) is 31.5. The second-order valence-corrected chi connectivity index (χ2v) is 7.05. The number of nitrogens with zero attached hydrogens (tertiary/aromatic N) is 2. The van der Waals surface area contributed by atoms with Gasteiger partial charge in [0, 0.05) is 22.8 Å². The molecule has 4 rings (SSSR count). The Kier molecular flexibility index (Phi) is 5.63. The maximum Gasteiger partial charge on any atom is 0.317 e. The summed E-state index contributed by atoms with van der Waals surface area (Å²) in [5.41, 5.74) is 0.172. The van der Waals surface area contributed by atoms with Crippen molar-refractivity contribution in [2.45, 2.75) is 5.60 Å². The van der Waals surface area contributed by atoms with Gasteiger partial charge in [-0.25, -0.2) is 0 Å². The average Bonchev–Trinajstić information content (AvgIpc) is 2.84. The SMILES string of the molecule is O=[N+]([O-])c1ccc(OC(c2ccccc2)(c2ccccc2)c2ccccc2)c([N+](=O)[O-])c1. The van der Waals surface area contributed by atoms with Crippen LogP contribution in [0.25, 0.3) is 0 Å². The van der Waals surface area contributed by atoms with Crippen molar-refractivity contribution in [3.63, 3.8) is 0 Å². The maximum absolute atomic E-state index is 11.8.